The number of benzene rings is 2. The van der Waals surface area contributed by atoms with E-state index in [2.05, 4.69) is 5.32 Å². The first-order valence-electron chi connectivity index (χ1n) is 8.79. The van der Waals surface area contributed by atoms with Gasteiger partial charge in [-0.25, -0.2) is 4.79 Å². The molecule has 0 saturated carbocycles. The molecule has 1 N–H and O–H groups in total. The van der Waals surface area contributed by atoms with E-state index in [1.54, 1.807) is 12.1 Å². The molecule has 28 heavy (non-hydrogen) atoms. The summed E-state index contributed by atoms with van der Waals surface area (Å²) in [4.78, 5) is 34.7. The molecule has 3 rings (SSSR count). The second-order valence-corrected chi connectivity index (χ2v) is 6.07. The quantitative estimate of drug-likeness (QED) is 0.498. The van der Waals surface area contributed by atoms with Gasteiger partial charge in [-0.05, 0) is 29.7 Å². The molecule has 0 atom stereocenters. The van der Waals surface area contributed by atoms with E-state index in [9.17, 15) is 14.4 Å². The summed E-state index contributed by atoms with van der Waals surface area (Å²) in [5.74, 6) is 0. The van der Waals surface area contributed by atoms with Crippen LogP contribution < -0.4 is 10.7 Å². The lowest BCUT2D eigenvalue weighted by Gasteiger charge is -2.05. The second kappa shape index (κ2) is 9.32. The van der Waals surface area contributed by atoms with E-state index in [0.717, 1.165) is 17.4 Å². The number of alkyl carbamates (subject to hydrolysis) is 1. The SMILES string of the molecule is O=Cc1coc2ccc(C=CCCNC(=O)OCc3ccccc3)cc2c1=O. The fourth-order valence-corrected chi connectivity index (χ4v) is 2.60. The van der Waals surface area contributed by atoms with Crippen LogP contribution in [0.2, 0.25) is 0 Å². The number of fused-ring (bicyclic) bond motifs is 1. The number of carbonyl (C=O) groups excluding carboxylic acids is 2. The molecule has 6 heteroatoms. The number of ether oxygens (including phenoxy) is 1. The summed E-state index contributed by atoms with van der Waals surface area (Å²) < 4.78 is 10.4. The summed E-state index contributed by atoms with van der Waals surface area (Å²) in [5, 5.41) is 3.03. The molecule has 0 aliphatic rings. The number of carbonyl (C=O) groups is 2. The minimum Gasteiger partial charge on any atom is -0.463 e. The van der Waals surface area contributed by atoms with Gasteiger partial charge in [0.1, 0.15) is 18.5 Å². The van der Waals surface area contributed by atoms with Gasteiger partial charge < -0.3 is 14.5 Å². The third-order valence-corrected chi connectivity index (χ3v) is 4.05. The molecule has 2 aromatic carbocycles. The van der Waals surface area contributed by atoms with Gasteiger partial charge in [0.05, 0.1) is 10.9 Å². The van der Waals surface area contributed by atoms with E-state index in [1.165, 1.54) is 0 Å². The highest BCUT2D eigenvalue weighted by atomic mass is 16.5. The van der Waals surface area contributed by atoms with Gasteiger partial charge >= 0.3 is 6.09 Å². The van der Waals surface area contributed by atoms with Crippen LogP contribution in [0.1, 0.15) is 27.9 Å². The Morgan fingerprint density at radius 2 is 1.96 bits per heavy atom. The van der Waals surface area contributed by atoms with Gasteiger partial charge in [0.2, 0.25) is 5.43 Å². The molecule has 1 amide bonds. The third-order valence-electron chi connectivity index (χ3n) is 4.05. The Morgan fingerprint density at radius 1 is 1.14 bits per heavy atom. The number of hydrogen-bond acceptors (Lipinski definition) is 5. The molecule has 1 aromatic heterocycles. The third kappa shape index (κ3) is 4.94. The van der Waals surface area contributed by atoms with Gasteiger partial charge in [-0.1, -0.05) is 48.6 Å². The molecule has 142 valence electrons. The van der Waals surface area contributed by atoms with Gasteiger partial charge in [0.15, 0.2) is 6.29 Å². The summed E-state index contributed by atoms with van der Waals surface area (Å²) in [5.41, 5.74) is 1.79. The van der Waals surface area contributed by atoms with Gasteiger partial charge in [-0.15, -0.1) is 0 Å². The molecule has 0 fully saturated rings. The first-order valence-corrected chi connectivity index (χ1v) is 8.79. The van der Waals surface area contributed by atoms with Gasteiger partial charge in [-0.3, -0.25) is 9.59 Å². The molecular weight excluding hydrogens is 358 g/mol. The highest BCUT2D eigenvalue weighted by Crippen LogP contribution is 2.14. The predicted molar refractivity (Wildman–Crippen MR) is 106 cm³/mol. The number of hydrogen-bond donors (Lipinski definition) is 1. The number of aldehydes is 1. The molecule has 0 radical (unpaired) electrons. The number of nitrogens with one attached hydrogen (secondary N) is 1. The molecule has 0 aliphatic carbocycles. The Kier molecular flexibility index (Phi) is 6.36. The number of amides is 1. The molecule has 0 aliphatic heterocycles. The van der Waals surface area contributed by atoms with Crippen LogP contribution in [0.15, 0.2) is 70.1 Å². The van der Waals surface area contributed by atoms with Crippen LogP contribution in [-0.2, 0) is 11.3 Å². The zero-order valence-electron chi connectivity index (χ0n) is 15.1. The van der Waals surface area contributed by atoms with E-state index in [1.807, 2.05) is 48.6 Å². The zero-order valence-corrected chi connectivity index (χ0v) is 15.1. The summed E-state index contributed by atoms with van der Waals surface area (Å²) in [6, 6.07) is 14.6. The van der Waals surface area contributed by atoms with Gasteiger partial charge in [0, 0.05) is 6.54 Å². The van der Waals surface area contributed by atoms with Crippen LogP contribution in [0.25, 0.3) is 17.0 Å². The van der Waals surface area contributed by atoms with Crippen molar-refractivity contribution in [3.8, 4) is 0 Å². The first kappa shape index (κ1) is 19.1. The van der Waals surface area contributed by atoms with E-state index in [-0.39, 0.29) is 17.6 Å². The van der Waals surface area contributed by atoms with Crippen molar-refractivity contribution in [3.63, 3.8) is 0 Å². The van der Waals surface area contributed by atoms with Gasteiger partial charge in [-0.2, -0.15) is 0 Å². The Labute approximate surface area is 161 Å². The fourth-order valence-electron chi connectivity index (χ4n) is 2.60. The molecule has 1 heterocycles. The summed E-state index contributed by atoms with van der Waals surface area (Å²) in [7, 11) is 0. The topological polar surface area (TPSA) is 85.6 Å². The lowest BCUT2D eigenvalue weighted by Crippen LogP contribution is -2.24. The molecule has 3 aromatic rings. The lowest BCUT2D eigenvalue weighted by atomic mass is 10.1. The highest BCUT2D eigenvalue weighted by molar-refractivity contribution is 5.85. The Bertz CT molecular complexity index is 1050. The standard InChI is InChI=1S/C22H19NO5/c24-13-18-15-27-20-10-9-16(12-19(20)21(18)25)6-4-5-11-23-22(26)28-14-17-7-2-1-3-8-17/h1-4,6-10,12-13,15H,5,11,14H2,(H,23,26). The van der Waals surface area contributed by atoms with Crippen LogP contribution in [-0.4, -0.2) is 18.9 Å². The van der Waals surface area contributed by atoms with Crippen LogP contribution in [0.5, 0.6) is 0 Å². The highest BCUT2D eigenvalue weighted by Gasteiger charge is 2.06. The van der Waals surface area contributed by atoms with Crippen LogP contribution in [0, 0.1) is 0 Å². The normalized spacial score (nSPS) is 10.9. The largest absolute Gasteiger partial charge is 0.463 e. The average Bonchev–Trinajstić information content (AvgIpc) is 2.73. The van der Waals surface area contributed by atoms with E-state index in [4.69, 9.17) is 9.15 Å². The lowest BCUT2D eigenvalue weighted by molar-refractivity contribution is 0.112. The Morgan fingerprint density at radius 3 is 2.75 bits per heavy atom. The van der Waals surface area contributed by atoms with E-state index < -0.39 is 6.09 Å². The van der Waals surface area contributed by atoms with Crippen LogP contribution in [0.3, 0.4) is 0 Å². The monoisotopic (exact) mass is 377 g/mol. The van der Waals surface area contributed by atoms with Gasteiger partial charge in [0.25, 0.3) is 0 Å². The summed E-state index contributed by atoms with van der Waals surface area (Å²) in [6.45, 7) is 0.653. The van der Waals surface area contributed by atoms with Crippen molar-refractivity contribution in [1.29, 1.82) is 0 Å². The van der Waals surface area contributed by atoms with Crippen molar-refractivity contribution in [2.75, 3.05) is 6.54 Å². The van der Waals surface area contributed by atoms with Crippen LogP contribution >= 0.6 is 0 Å². The van der Waals surface area contributed by atoms with E-state index in [0.29, 0.717) is 30.2 Å². The maximum Gasteiger partial charge on any atom is 0.407 e. The average molecular weight is 377 g/mol. The maximum absolute atomic E-state index is 12.2. The molecule has 0 bridgehead atoms. The van der Waals surface area contributed by atoms with Crippen molar-refractivity contribution in [1.82, 2.24) is 5.32 Å². The minimum atomic E-state index is -0.470. The summed E-state index contributed by atoms with van der Waals surface area (Å²) >= 11 is 0. The molecular formula is C22H19NO5. The second-order valence-electron chi connectivity index (χ2n) is 6.07. The predicted octanol–water partition coefficient (Wildman–Crippen LogP) is 3.94. The van der Waals surface area contributed by atoms with Crippen molar-refractivity contribution in [3.05, 3.63) is 87.8 Å². The molecule has 0 spiro atoms. The minimum absolute atomic E-state index is 0.00755. The van der Waals surface area contributed by atoms with Crippen molar-refractivity contribution in [2.45, 2.75) is 13.0 Å². The Balaban J connectivity index is 1.49. The van der Waals surface area contributed by atoms with Crippen molar-refractivity contribution >= 4 is 29.4 Å². The molecule has 6 nitrogen and oxygen atoms in total. The molecule has 0 saturated heterocycles. The molecule has 0 unspecified atom stereocenters. The smallest absolute Gasteiger partial charge is 0.407 e. The number of rotatable bonds is 7. The fraction of sp³-hybridized carbons (Fsp3) is 0.136. The summed E-state index contributed by atoms with van der Waals surface area (Å²) in [6.07, 6.45) is 5.49. The maximum atomic E-state index is 12.2. The van der Waals surface area contributed by atoms with Crippen LogP contribution in [0.4, 0.5) is 4.79 Å². The Hall–Kier alpha value is -3.67. The zero-order chi connectivity index (χ0) is 19.8. The van der Waals surface area contributed by atoms with Crippen molar-refractivity contribution < 1.29 is 18.7 Å². The van der Waals surface area contributed by atoms with Crippen molar-refractivity contribution in [2.24, 2.45) is 0 Å². The van der Waals surface area contributed by atoms with E-state index >= 15 is 0 Å². The first-order chi connectivity index (χ1) is 13.7.